The van der Waals surface area contributed by atoms with Crippen LogP contribution in [-0.4, -0.2) is 16.2 Å². The molecule has 1 N–H and O–H groups in total. The molecule has 0 radical (unpaired) electrons. The van der Waals surface area contributed by atoms with Crippen LogP contribution in [0.25, 0.3) is 0 Å². The number of nitrogens with zero attached hydrogens (tertiary/aromatic N) is 1. The van der Waals surface area contributed by atoms with E-state index in [4.69, 9.17) is 0 Å². The van der Waals surface area contributed by atoms with Gasteiger partial charge >= 0.3 is 0 Å². The van der Waals surface area contributed by atoms with Crippen molar-refractivity contribution in [3.05, 3.63) is 28.5 Å². The number of aromatic nitrogens is 1. The molecule has 0 saturated heterocycles. The largest absolute Gasteiger partial charge is 0.392 e. The summed E-state index contributed by atoms with van der Waals surface area (Å²) in [6.07, 6.45) is 4.70. The number of hydrogen-bond donors (Lipinski definition) is 1. The molecule has 0 bridgehead atoms. The van der Waals surface area contributed by atoms with E-state index < -0.39 is 0 Å². The van der Waals surface area contributed by atoms with Crippen LogP contribution < -0.4 is 0 Å². The SMILES string of the molecule is O[C@H]1CCC[C@H]1c1ccc(Br)cn1. The molecule has 70 valence electrons. The molecular weight excluding hydrogens is 230 g/mol. The van der Waals surface area contributed by atoms with Gasteiger partial charge in [0.15, 0.2) is 0 Å². The molecule has 0 unspecified atom stereocenters. The fourth-order valence-electron chi connectivity index (χ4n) is 1.89. The van der Waals surface area contributed by atoms with Crippen molar-refractivity contribution in [2.45, 2.75) is 31.3 Å². The summed E-state index contributed by atoms with van der Waals surface area (Å²) in [6.45, 7) is 0. The Morgan fingerprint density at radius 3 is 2.77 bits per heavy atom. The van der Waals surface area contributed by atoms with Gasteiger partial charge in [-0.3, -0.25) is 4.98 Å². The quantitative estimate of drug-likeness (QED) is 0.820. The molecule has 0 aliphatic heterocycles. The Kier molecular flexibility index (Phi) is 2.65. The standard InChI is InChI=1S/C10H12BrNO/c11-7-4-5-9(12-6-7)8-2-1-3-10(8)13/h4-6,8,10,13H,1-3H2/t8-,10-/m0/s1. The molecule has 1 saturated carbocycles. The fraction of sp³-hybridized carbons (Fsp3) is 0.500. The molecule has 1 heterocycles. The number of pyridine rings is 1. The summed E-state index contributed by atoms with van der Waals surface area (Å²) in [5.41, 5.74) is 1.02. The zero-order chi connectivity index (χ0) is 9.26. The van der Waals surface area contributed by atoms with Gasteiger partial charge in [-0.25, -0.2) is 0 Å². The topological polar surface area (TPSA) is 33.1 Å². The van der Waals surface area contributed by atoms with Crippen LogP contribution in [0.5, 0.6) is 0 Å². The second-order valence-electron chi connectivity index (χ2n) is 3.51. The summed E-state index contributed by atoms with van der Waals surface area (Å²) < 4.78 is 0.990. The van der Waals surface area contributed by atoms with Gasteiger partial charge in [0.25, 0.3) is 0 Å². The summed E-state index contributed by atoms with van der Waals surface area (Å²) in [5, 5.41) is 9.66. The third-order valence-electron chi connectivity index (χ3n) is 2.61. The Morgan fingerprint density at radius 1 is 1.38 bits per heavy atom. The van der Waals surface area contributed by atoms with Crippen molar-refractivity contribution in [1.82, 2.24) is 4.98 Å². The maximum atomic E-state index is 9.66. The van der Waals surface area contributed by atoms with Gasteiger partial charge in [-0.05, 0) is 40.9 Å². The molecule has 0 amide bonds. The van der Waals surface area contributed by atoms with Crippen molar-refractivity contribution in [2.75, 3.05) is 0 Å². The highest BCUT2D eigenvalue weighted by molar-refractivity contribution is 9.10. The Morgan fingerprint density at radius 2 is 2.23 bits per heavy atom. The van der Waals surface area contributed by atoms with E-state index in [0.717, 1.165) is 29.4 Å². The van der Waals surface area contributed by atoms with E-state index >= 15 is 0 Å². The third-order valence-corrected chi connectivity index (χ3v) is 3.08. The van der Waals surface area contributed by atoms with Crippen LogP contribution in [-0.2, 0) is 0 Å². The van der Waals surface area contributed by atoms with Crippen molar-refractivity contribution in [1.29, 1.82) is 0 Å². The average Bonchev–Trinajstić information content (AvgIpc) is 2.53. The molecule has 2 nitrogen and oxygen atoms in total. The molecule has 1 aliphatic carbocycles. The minimum absolute atomic E-state index is 0.186. The number of aliphatic hydroxyl groups is 1. The highest BCUT2D eigenvalue weighted by Gasteiger charge is 2.27. The highest BCUT2D eigenvalue weighted by atomic mass is 79.9. The molecule has 13 heavy (non-hydrogen) atoms. The number of hydrogen-bond acceptors (Lipinski definition) is 2. The first-order valence-electron chi connectivity index (χ1n) is 4.57. The fourth-order valence-corrected chi connectivity index (χ4v) is 2.13. The smallest absolute Gasteiger partial charge is 0.0623 e. The van der Waals surface area contributed by atoms with Crippen LogP contribution in [0.1, 0.15) is 30.9 Å². The lowest BCUT2D eigenvalue weighted by atomic mass is 10.0. The van der Waals surface area contributed by atoms with E-state index in [1.54, 1.807) is 6.20 Å². The summed E-state index contributed by atoms with van der Waals surface area (Å²) in [5.74, 6) is 0.257. The lowest BCUT2D eigenvalue weighted by Gasteiger charge is -2.13. The van der Waals surface area contributed by atoms with Crippen LogP contribution in [0.2, 0.25) is 0 Å². The first-order chi connectivity index (χ1) is 6.27. The van der Waals surface area contributed by atoms with Gasteiger partial charge in [-0.15, -0.1) is 0 Å². The number of aliphatic hydroxyl groups excluding tert-OH is 1. The van der Waals surface area contributed by atoms with Gasteiger partial charge in [-0.2, -0.15) is 0 Å². The molecule has 0 spiro atoms. The van der Waals surface area contributed by atoms with Crippen molar-refractivity contribution >= 4 is 15.9 Å². The van der Waals surface area contributed by atoms with Crippen molar-refractivity contribution in [3.8, 4) is 0 Å². The first kappa shape index (κ1) is 9.16. The molecule has 1 fully saturated rings. The molecule has 0 aromatic carbocycles. The first-order valence-corrected chi connectivity index (χ1v) is 5.36. The van der Waals surface area contributed by atoms with Crippen LogP contribution in [0, 0.1) is 0 Å². The second-order valence-corrected chi connectivity index (χ2v) is 4.42. The third kappa shape index (κ3) is 1.92. The van der Waals surface area contributed by atoms with Crippen LogP contribution >= 0.6 is 15.9 Å². The Bertz CT molecular complexity index is 285. The van der Waals surface area contributed by atoms with Gasteiger partial charge in [0, 0.05) is 22.3 Å². The average molecular weight is 242 g/mol. The van der Waals surface area contributed by atoms with E-state index in [-0.39, 0.29) is 12.0 Å². The van der Waals surface area contributed by atoms with Crippen LogP contribution in [0.3, 0.4) is 0 Å². The Balaban J connectivity index is 2.20. The predicted molar refractivity (Wildman–Crippen MR) is 54.5 cm³/mol. The summed E-state index contributed by atoms with van der Waals surface area (Å²) >= 11 is 3.34. The summed E-state index contributed by atoms with van der Waals surface area (Å²) in [6, 6.07) is 3.97. The minimum Gasteiger partial charge on any atom is -0.392 e. The Hall–Kier alpha value is -0.410. The van der Waals surface area contributed by atoms with E-state index in [9.17, 15) is 5.11 Å². The normalized spacial score (nSPS) is 27.8. The maximum Gasteiger partial charge on any atom is 0.0623 e. The van der Waals surface area contributed by atoms with Gasteiger partial charge < -0.3 is 5.11 Å². The van der Waals surface area contributed by atoms with Gasteiger partial charge in [-0.1, -0.05) is 6.42 Å². The van der Waals surface area contributed by atoms with E-state index in [1.807, 2.05) is 12.1 Å². The molecule has 1 aromatic heterocycles. The zero-order valence-corrected chi connectivity index (χ0v) is 8.87. The van der Waals surface area contributed by atoms with Gasteiger partial charge in [0.05, 0.1) is 6.10 Å². The molecular formula is C10H12BrNO. The lowest BCUT2D eigenvalue weighted by molar-refractivity contribution is 0.162. The predicted octanol–water partition coefficient (Wildman–Crippen LogP) is 2.47. The number of rotatable bonds is 1. The maximum absolute atomic E-state index is 9.66. The monoisotopic (exact) mass is 241 g/mol. The zero-order valence-electron chi connectivity index (χ0n) is 7.28. The molecule has 1 aliphatic rings. The van der Waals surface area contributed by atoms with E-state index in [1.165, 1.54) is 0 Å². The van der Waals surface area contributed by atoms with Gasteiger partial charge in [0.1, 0.15) is 0 Å². The minimum atomic E-state index is -0.186. The van der Waals surface area contributed by atoms with Crippen molar-refractivity contribution in [2.24, 2.45) is 0 Å². The van der Waals surface area contributed by atoms with Crippen molar-refractivity contribution < 1.29 is 5.11 Å². The highest BCUT2D eigenvalue weighted by Crippen LogP contribution is 2.33. The Labute approximate surface area is 86.1 Å². The summed E-state index contributed by atoms with van der Waals surface area (Å²) in [7, 11) is 0. The van der Waals surface area contributed by atoms with Crippen LogP contribution in [0.4, 0.5) is 0 Å². The molecule has 1 aromatic rings. The van der Waals surface area contributed by atoms with Gasteiger partial charge in [0.2, 0.25) is 0 Å². The summed E-state index contributed by atoms with van der Waals surface area (Å²) in [4.78, 5) is 4.30. The molecule has 2 atom stereocenters. The molecule has 3 heteroatoms. The lowest BCUT2D eigenvalue weighted by Crippen LogP contribution is -2.12. The van der Waals surface area contributed by atoms with E-state index in [0.29, 0.717) is 0 Å². The number of halogens is 1. The van der Waals surface area contributed by atoms with Crippen molar-refractivity contribution in [3.63, 3.8) is 0 Å². The van der Waals surface area contributed by atoms with E-state index in [2.05, 4.69) is 20.9 Å². The molecule has 2 rings (SSSR count). The second kappa shape index (κ2) is 3.76. The van der Waals surface area contributed by atoms with Crippen LogP contribution in [0.15, 0.2) is 22.8 Å².